The minimum atomic E-state index is 0.498. The van der Waals surface area contributed by atoms with Crippen LogP contribution < -0.4 is 5.32 Å². The van der Waals surface area contributed by atoms with Crippen molar-refractivity contribution >= 4 is 11.6 Å². The van der Waals surface area contributed by atoms with E-state index in [0.29, 0.717) is 5.92 Å². The van der Waals surface area contributed by atoms with Crippen molar-refractivity contribution in [2.24, 2.45) is 0 Å². The number of hydrogen-bond donors (Lipinski definition) is 1. The van der Waals surface area contributed by atoms with E-state index in [9.17, 15) is 0 Å². The van der Waals surface area contributed by atoms with Crippen LogP contribution >= 0.6 is 11.6 Å². The summed E-state index contributed by atoms with van der Waals surface area (Å²) in [7, 11) is 0. The SMILES string of the molecule is CCCNCC(Cc1ccc(Cl)cc1)c1ccc(C)cc1. The lowest BCUT2D eigenvalue weighted by molar-refractivity contribution is 0.576. The maximum atomic E-state index is 5.97. The summed E-state index contributed by atoms with van der Waals surface area (Å²) >= 11 is 5.97. The van der Waals surface area contributed by atoms with E-state index in [4.69, 9.17) is 11.6 Å². The third-order valence-corrected chi connectivity index (χ3v) is 4.01. The Kier molecular flexibility index (Phi) is 6.28. The number of halogens is 1. The molecule has 21 heavy (non-hydrogen) atoms. The zero-order valence-corrected chi connectivity index (χ0v) is 13.7. The molecule has 0 saturated heterocycles. The van der Waals surface area contributed by atoms with Gasteiger partial charge in [-0.2, -0.15) is 0 Å². The molecule has 0 amide bonds. The molecule has 0 heterocycles. The minimum Gasteiger partial charge on any atom is -0.316 e. The highest BCUT2D eigenvalue weighted by Gasteiger charge is 2.12. The van der Waals surface area contributed by atoms with E-state index in [-0.39, 0.29) is 0 Å². The summed E-state index contributed by atoms with van der Waals surface area (Å²) in [5.74, 6) is 0.498. The van der Waals surface area contributed by atoms with Gasteiger partial charge in [0, 0.05) is 17.5 Å². The predicted octanol–water partition coefficient (Wildman–Crippen LogP) is 4.97. The van der Waals surface area contributed by atoms with Gasteiger partial charge in [0.1, 0.15) is 0 Å². The van der Waals surface area contributed by atoms with Gasteiger partial charge in [-0.1, -0.05) is 60.5 Å². The first-order valence-electron chi connectivity index (χ1n) is 7.70. The molecule has 2 aromatic carbocycles. The van der Waals surface area contributed by atoms with Crippen LogP contribution in [0, 0.1) is 6.92 Å². The van der Waals surface area contributed by atoms with Gasteiger partial charge in [-0.25, -0.2) is 0 Å². The third-order valence-electron chi connectivity index (χ3n) is 3.76. The average Bonchev–Trinajstić information content (AvgIpc) is 2.49. The lowest BCUT2D eigenvalue weighted by Crippen LogP contribution is -2.23. The molecule has 0 spiro atoms. The van der Waals surface area contributed by atoms with Gasteiger partial charge in [0.2, 0.25) is 0 Å². The molecule has 1 unspecified atom stereocenters. The summed E-state index contributed by atoms with van der Waals surface area (Å²) in [6, 6.07) is 17.1. The molecule has 0 aliphatic rings. The van der Waals surface area contributed by atoms with E-state index in [1.165, 1.54) is 23.1 Å². The highest BCUT2D eigenvalue weighted by Crippen LogP contribution is 2.22. The van der Waals surface area contributed by atoms with Crippen LogP contribution in [0.15, 0.2) is 48.5 Å². The number of rotatable bonds is 7. The van der Waals surface area contributed by atoms with E-state index >= 15 is 0 Å². The molecular weight excluding hydrogens is 278 g/mol. The van der Waals surface area contributed by atoms with E-state index < -0.39 is 0 Å². The van der Waals surface area contributed by atoms with E-state index in [1.807, 2.05) is 12.1 Å². The zero-order valence-electron chi connectivity index (χ0n) is 12.9. The largest absolute Gasteiger partial charge is 0.316 e. The number of aryl methyl sites for hydroxylation is 1. The Labute approximate surface area is 133 Å². The Morgan fingerprint density at radius 2 is 1.67 bits per heavy atom. The Bertz CT molecular complexity index is 530. The molecule has 1 N–H and O–H groups in total. The molecule has 0 saturated carbocycles. The van der Waals surface area contributed by atoms with Crippen molar-refractivity contribution in [3.63, 3.8) is 0 Å². The molecule has 0 aliphatic heterocycles. The molecule has 0 aromatic heterocycles. The van der Waals surface area contributed by atoms with Crippen LogP contribution in [0.1, 0.15) is 36.0 Å². The van der Waals surface area contributed by atoms with Gasteiger partial charge in [0.05, 0.1) is 0 Å². The van der Waals surface area contributed by atoms with Gasteiger partial charge < -0.3 is 5.32 Å². The Hall–Kier alpha value is -1.31. The van der Waals surface area contributed by atoms with Gasteiger partial charge in [0.25, 0.3) is 0 Å². The first-order valence-corrected chi connectivity index (χ1v) is 8.08. The standard InChI is InChI=1S/C19H24ClN/c1-3-12-21-14-18(17-8-4-15(2)5-9-17)13-16-6-10-19(20)11-7-16/h4-11,18,21H,3,12-14H2,1-2H3. The summed E-state index contributed by atoms with van der Waals surface area (Å²) in [4.78, 5) is 0. The summed E-state index contributed by atoms with van der Waals surface area (Å²) in [6.07, 6.45) is 2.21. The zero-order chi connectivity index (χ0) is 15.1. The quantitative estimate of drug-likeness (QED) is 0.712. The predicted molar refractivity (Wildman–Crippen MR) is 92.2 cm³/mol. The van der Waals surface area contributed by atoms with Crippen LogP contribution in [-0.2, 0) is 6.42 Å². The molecular formula is C19H24ClN. The Morgan fingerprint density at radius 3 is 2.29 bits per heavy atom. The van der Waals surface area contributed by atoms with Crippen LogP contribution in [0.25, 0.3) is 0 Å². The van der Waals surface area contributed by atoms with Crippen molar-refractivity contribution < 1.29 is 0 Å². The minimum absolute atomic E-state index is 0.498. The second-order valence-corrected chi connectivity index (χ2v) is 6.08. The summed E-state index contributed by atoms with van der Waals surface area (Å²) < 4.78 is 0. The lowest BCUT2D eigenvalue weighted by Gasteiger charge is -2.19. The molecule has 2 rings (SSSR count). The van der Waals surface area contributed by atoms with Crippen molar-refractivity contribution in [3.05, 3.63) is 70.2 Å². The smallest absolute Gasteiger partial charge is 0.0406 e. The summed E-state index contributed by atoms with van der Waals surface area (Å²) in [5.41, 5.74) is 4.05. The summed E-state index contributed by atoms with van der Waals surface area (Å²) in [6.45, 7) is 6.42. The van der Waals surface area contributed by atoms with Crippen molar-refractivity contribution in [2.45, 2.75) is 32.6 Å². The van der Waals surface area contributed by atoms with Gasteiger partial charge in [0.15, 0.2) is 0 Å². The Balaban J connectivity index is 2.11. The second-order valence-electron chi connectivity index (χ2n) is 5.64. The van der Waals surface area contributed by atoms with Gasteiger partial charge in [-0.15, -0.1) is 0 Å². The van der Waals surface area contributed by atoms with E-state index in [0.717, 1.165) is 24.5 Å². The number of hydrogen-bond acceptors (Lipinski definition) is 1. The highest BCUT2D eigenvalue weighted by molar-refractivity contribution is 6.30. The molecule has 2 heteroatoms. The van der Waals surface area contributed by atoms with E-state index in [2.05, 4.69) is 55.6 Å². The fraction of sp³-hybridized carbons (Fsp3) is 0.368. The lowest BCUT2D eigenvalue weighted by atomic mass is 9.91. The molecule has 0 radical (unpaired) electrons. The molecule has 1 atom stereocenters. The molecule has 1 nitrogen and oxygen atoms in total. The average molecular weight is 302 g/mol. The van der Waals surface area contributed by atoms with Gasteiger partial charge in [-0.3, -0.25) is 0 Å². The van der Waals surface area contributed by atoms with Gasteiger partial charge >= 0.3 is 0 Å². The first kappa shape index (κ1) is 16.1. The maximum Gasteiger partial charge on any atom is 0.0406 e. The second kappa shape index (κ2) is 8.21. The third kappa shape index (κ3) is 5.18. The molecule has 2 aromatic rings. The van der Waals surface area contributed by atoms with Crippen molar-refractivity contribution in [1.29, 1.82) is 0 Å². The fourth-order valence-corrected chi connectivity index (χ4v) is 2.63. The number of benzene rings is 2. The first-order chi connectivity index (χ1) is 10.2. The monoisotopic (exact) mass is 301 g/mol. The van der Waals surface area contributed by atoms with E-state index in [1.54, 1.807) is 0 Å². The van der Waals surface area contributed by atoms with Crippen LogP contribution in [-0.4, -0.2) is 13.1 Å². The topological polar surface area (TPSA) is 12.0 Å². The van der Waals surface area contributed by atoms with Gasteiger partial charge in [-0.05, 0) is 49.6 Å². The molecule has 0 fully saturated rings. The van der Waals surface area contributed by atoms with Crippen LogP contribution in [0.4, 0.5) is 0 Å². The van der Waals surface area contributed by atoms with Crippen LogP contribution in [0.3, 0.4) is 0 Å². The van der Waals surface area contributed by atoms with Crippen molar-refractivity contribution in [1.82, 2.24) is 5.32 Å². The highest BCUT2D eigenvalue weighted by atomic mass is 35.5. The molecule has 112 valence electrons. The fourth-order valence-electron chi connectivity index (χ4n) is 2.50. The maximum absolute atomic E-state index is 5.97. The normalized spacial score (nSPS) is 12.3. The van der Waals surface area contributed by atoms with Crippen LogP contribution in [0.5, 0.6) is 0 Å². The molecule has 0 bridgehead atoms. The summed E-state index contributed by atoms with van der Waals surface area (Å²) in [5, 5.41) is 4.35. The van der Waals surface area contributed by atoms with Crippen LogP contribution in [0.2, 0.25) is 5.02 Å². The molecule has 0 aliphatic carbocycles. The Morgan fingerprint density at radius 1 is 1.00 bits per heavy atom. The van der Waals surface area contributed by atoms with Crippen molar-refractivity contribution in [2.75, 3.05) is 13.1 Å². The van der Waals surface area contributed by atoms with Crippen molar-refractivity contribution in [3.8, 4) is 0 Å². The number of nitrogens with one attached hydrogen (secondary N) is 1.